The summed E-state index contributed by atoms with van der Waals surface area (Å²) in [5.41, 5.74) is -0.502. The molecule has 1 aliphatic heterocycles. The molecule has 0 aromatic carbocycles. The molecule has 4 bridgehead atoms. The molecule has 6 rings (SSSR count). The van der Waals surface area contributed by atoms with Crippen molar-refractivity contribution in [3.8, 4) is 0 Å². The van der Waals surface area contributed by atoms with Gasteiger partial charge in [0.25, 0.3) is 5.91 Å². The second kappa shape index (κ2) is 6.04. The van der Waals surface area contributed by atoms with Crippen LogP contribution in [0, 0.1) is 11.8 Å². The van der Waals surface area contributed by atoms with Gasteiger partial charge in [0.2, 0.25) is 0 Å². The zero-order valence-corrected chi connectivity index (χ0v) is 15.1. The van der Waals surface area contributed by atoms with Gasteiger partial charge in [0.15, 0.2) is 11.5 Å². The maximum absolute atomic E-state index is 12.8. The Morgan fingerprint density at radius 3 is 2.69 bits per heavy atom. The van der Waals surface area contributed by atoms with Crippen LogP contribution in [0.1, 0.15) is 54.8 Å². The number of nitrogens with one attached hydrogen (secondary N) is 1. The summed E-state index contributed by atoms with van der Waals surface area (Å²) >= 11 is 0. The average Bonchev–Trinajstić information content (AvgIpc) is 3.01. The Morgan fingerprint density at radius 1 is 1.27 bits per heavy atom. The lowest BCUT2D eigenvalue weighted by Crippen LogP contribution is -2.65. The Balaban J connectivity index is 1.26. The maximum atomic E-state index is 12.8. The Hall–Kier alpha value is -1.44. The van der Waals surface area contributed by atoms with Gasteiger partial charge in [-0.3, -0.25) is 9.69 Å². The van der Waals surface area contributed by atoms with E-state index in [2.05, 4.69) is 15.4 Å². The minimum atomic E-state index is -0.581. The Labute approximate surface area is 153 Å². The number of morpholine rings is 1. The summed E-state index contributed by atoms with van der Waals surface area (Å²) in [6.07, 6.45) is 5.64. The highest BCUT2D eigenvalue weighted by atomic mass is 16.5. The fourth-order valence-electron chi connectivity index (χ4n) is 6.14. The third-order valence-electron chi connectivity index (χ3n) is 6.68. The number of amides is 1. The molecule has 1 aromatic heterocycles. The Kier molecular flexibility index (Phi) is 3.88. The number of aromatic nitrogens is 1. The molecular weight excluding hydrogens is 334 g/mol. The van der Waals surface area contributed by atoms with Crippen molar-refractivity contribution in [3.05, 3.63) is 17.5 Å². The summed E-state index contributed by atoms with van der Waals surface area (Å²) in [7, 11) is 0. The molecule has 2 unspecified atom stereocenters. The summed E-state index contributed by atoms with van der Waals surface area (Å²) in [5.74, 6) is 1.61. The van der Waals surface area contributed by atoms with Crippen molar-refractivity contribution in [2.24, 2.45) is 11.8 Å². The maximum Gasteiger partial charge on any atom is 0.273 e. The highest BCUT2D eigenvalue weighted by Gasteiger charge is 2.57. The topological polar surface area (TPSA) is 87.8 Å². The van der Waals surface area contributed by atoms with Crippen LogP contribution in [0.2, 0.25) is 0 Å². The zero-order chi connectivity index (χ0) is 17.8. The fourth-order valence-corrected chi connectivity index (χ4v) is 6.14. The van der Waals surface area contributed by atoms with Gasteiger partial charge in [0.05, 0.1) is 25.4 Å². The largest absolute Gasteiger partial charge is 0.390 e. The summed E-state index contributed by atoms with van der Waals surface area (Å²) in [6, 6.07) is 1.75. The van der Waals surface area contributed by atoms with Crippen molar-refractivity contribution in [3.63, 3.8) is 0 Å². The van der Waals surface area contributed by atoms with Crippen molar-refractivity contribution < 1.29 is 19.2 Å². The number of rotatable bonds is 4. The van der Waals surface area contributed by atoms with Crippen molar-refractivity contribution >= 4 is 5.91 Å². The van der Waals surface area contributed by atoms with E-state index in [1.807, 2.05) is 0 Å². The van der Waals surface area contributed by atoms with Crippen LogP contribution >= 0.6 is 0 Å². The van der Waals surface area contributed by atoms with Crippen LogP contribution in [0.5, 0.6) is 0 Å². The minimum absolute atomic E-state index is 0.174. The fraction of sp³-hybridized carbons (Fsp3) is 0.789. The molecule has 2 heterocycles. The van der Waals surface area contributed by atoms with Crippen molar-refractivity contribution in [2.45, 2.75) is 56.2 Å². The molecule has 7 nitrogen and oxygen atoms in total. The van der Waals surface area contributed by atoms with E-state index in [-0.39, 0.29) is 11.4 Å². The number of carbonyl (C=O) groups is 1. The number of carbonyl (C=O) groups excluding carboxylic acids is 1. The molecule has 2 N–H and O–H groups in total. The monoisotopic (exact) mass is 361 g/mol. The van der Waals surface area contributed by atoms with Gasteiger partial charge < -0.3 is 19.7 Å². The van der Waals surface area contributed by atoms with Crippen LogP contribution in [-0.4, -0.2) is 58.5 Å². The van der Waals surface area contributed by atoms with E-state index in [0.29, 0.717) is 36.3 Å². The predicted molar refractivity (Wildman–Crippen MR) is 92.4 cm³/mol. The van der Waals surface area contributed by atoms with Gasteiger partial charge in [-0.2, -0.15) is 0 Å². The standard InChI is InChI=1S/C19H27N3O4/c23-17(16-6-15(26-21-16)11-22-1-3-25-4-2-22)20-18-7-13-5-14(8-18)10-19(24,9-13)12-18/h6,13-14,24H,1-5,7-12H2,(H,20,23)/t13-,14+,18?,19?. The second-order valence-corrected chi connectivity index (χ2v) is 8.99. The van der Waals surface area contributed by atoms with Gasteiger partial charge in [-0.15, -0.1) is 0 Å². The molecule has 142 valence electrons. The van der Waals surface area contributed by atoms with Crippen LogP contribution in [0.25, 0.3) is 0 Å². The van der Waals surface area contributed by atoms with Crippen molar-refractivity contribution in [1.82, 2.24) is 15.4 Å². The van der Waals surface area contributed by atoms with E-state index in [1.54, 1.807) is 6.07 Å². The Bertz CT molecular complexity index is 683. The molecule has 26 heavy (non-hydrogen) atoms. The van der Waals surface area contributed by atoms with Gasteiger partial charge in [-0.25, -0.2) is 0 Å². The summed E-state index contributed by atoms with van der Waals surface area (Å²) in [6.45, 7) is 3.85. The summed E-state index contributed by atoms with van der Waals surface area (Å²) in [5, 5.41) is 18.1. The molecule has 1 saturated heterocycles. The van der Waals surface area contributed by atoms with Gasteiger partial charge in [-0.05, 0) is 50.4 Å². The molecule has 5 aliphatic rings. The van der Waals surface area contributed by atoms with Gasteiger partial charge in [0, 0.05) is 24.7 Å². The predicted octanol–water partition coefficient (Wildman–Crippen LogP) is 1.32. The van der Waals surface area contributed by atoms with E-state index < -0.39 is 5.60 Å². The average molecular weight is 361 g/mol. The lowest BCUT2D eigenvalue weighted by Gasteiger charge is -2.60. The van der Waals surface area contributed by atoms with Crippen LogP contribution in [0.4, 0.5) is 0 Å². The molecular formula is C19H27N3O4. The number of ether oxygens (including phenoxy) is 1. The van der Waals surface area contributed by atoms with Crippen molar-refractivity contribution in [2.75, 3.05) is 26.3 Å². The molecule has 0 radical (unpaired) electrons. The van der Waals surface area contributed by atoms with E-state index in [1.165, 1.54) is 6.42 Å². The lowest BCUT2D eigenvalue weighted by atomic mass is 9.51. The van der Waals surface area contributed by atoms with Crippen LogP contribution < -0.4 is 5.32 Å². The van der Waals surface area contributed by atoms with Gasteiger partial charge in [-0.1, -0.05) is 5.16 Å². The van der Waals surface area contributed by atoms with E-state index >= 15 is 0 Å². The first kappa shape index (κ1) is 16.7. The lowest BCUT2D eigenvalue weighted by molar-refractivity contribution is -0.139. The first-order valence-corrected chi connectivity index (χ1v) is 9.82. The van der Waals surface area contributed by atoms with Gasteiger partial charge >= 0.3 is 0 Å². The van der Waals surface area contributed by atoms with Crippen LogP contribution in [0.3, 0.4) is 0 Å². The van der Waals surface area contributed by atoms with E-state index in [0.717, 1.165) is 52.0 Å². The third kappa shape index (κ3) is 3.06. The molecule has 7 heteroatoms. The summed E-state index contributed by atoms with van der Waals surface area (Å²) in [4.78, 5) is 15.0. The number of hydrogen-bond donors (Lipinski definition) is 2. The molecule has 4 aliphatic carbocycles. The smallest absolute Gasteiger partial charge is 0.273 e. The van der Waals surface area contributed by atoms with E-state index in [9.17, 15) is 9.90 Å². The minimum Gasteiger partial charge on any atom is -0.390 e. The van der Waals surface area contributed by atoms with Crippen LogP contribution in [-0.2, 0) is 11.3 Å². The second-order valence-electron chi connectivity index (χ2n) is 8.99. The molecule has 0 spiro atoms. The zero-order valence-electron chi connectivity index (χ0n) is 15.1. The van der Waals surface area contributed by atoms with Gasteiger partial charge in [0.1, 0.15) is 0 Å². The number of nitrogens with zero attached hydrogens (tertiary/aromatic N) is 2. The highest BCUT2D eigenvalue weighted by Crippen LogP contribution is 2.57. The first-order valence-electron chi connectivity index (χ1n) is 9.82. The molecule has 1 aromatic rings. The summed E-state index contributed by atoms with van der Waals surface area (Å²) < 4.78 is 10.7. The SMILES string of the molecule is O=C(NC12C[C@@H]3C[C@@H](CC(O)(C3)C1)C2)c1cc(CN2CCOCC2)on1. The third-order valence-corrected chi connectivity index (χ3v) is 6.68. The molecule has 5 fully saturated rings. The Morgan fingerprint density at radius 2 is 2.00 bits per heavy atom. The number of aliphatic hydroxyl groups is 1. The number of hydrogen-bond acceptors (Lipinski definition) is 6. The molecule has 4 saturated carbocycles. The first-order chi connectivity index (χ1) is 12.5. The molecule has 1 amide bonds. The molecule has 4 atom stereocenters. The van der Waals surface area contributed by atoms with E-state index in [4.69, 9.17) is 9.26 Å². The van der Waals surface area contributed by atoms with Crippen molar-refractivity contribution in [1.29, 1.82) is 0 Å². The normalized spacial score (nSPS) is 39.3. The quantitative estimate of drug-likeness (QED) is 0.841. The highest BCUT2D eigenvalue weighted by molar-refractivity contribution is 5.92. The van der Waals surface area contributed by atoms with Crippen LogP contribution in [0.15, 0.2) is 10.6 Å².